The molecule has 3 nitrogen and oxygen atoms in total. The van der Waals surface area contributed by atoms with E-state index >= 15 is 0 Å². The van der Waals surface area contributed by atoms with E-state index < -0.39 is 5.97 Å². The lowest BCUT2D eigenvalue weighted by atomic mass is 10.0. The highest BCUT2D eigenvalue weighted by atomic mass is 32.2. The molecule has 188 valence electrons. The van der Waals surface area contributed by atoms with Crippen LogP contribution in [0.2, 0.25) is 0 Å². The van der Waals surface area contributed by atoms with Crippen molar-refractivity contribution < 1.29 is 14.3 Å². The van der Waals surface area contributed by atoms with Crippen LogP contribution in [0, 0.1) is 5.82 Å². The second-order valence-corrected chi connectivity index (χ2v) is 10.3. The van der Waals surface area contributed by atoms with E-state index in [0.29, 0.717) is 10.6 Å². The first-order chi connectivity index (χ1) is 16.6. The van der Waals surface area contributed by atoms with Crippen LogP contribution in [0.5, 0.6) is 0 Å². The van der Waals surface area contributed by atoms with E-state index in [1.807, 2.05) is 12.1 Å². The Morgan fingerprint density at radius 1 is 0.824 bits per heavy atom. The second-order valence-electron chi connectivity index (χ2n) is 9.06. The predicted octanol–water partition coefficient (Wildman–Crippen LogP) is 9.54. The van der Waals surface area contributed by atoms with Gasteiger partial charge in [0.2, 0.25) is 0 Å². The van der Waals surface area contributed by atoms with Crippen LogP contribution < -0.4 is 5.32 Å². The summed E-state index contributed by atoms with van der Waals surface area (Å²) in [5.74, 6) is -1.20. The van der Waals surface area contributed by atoms with E-state index in [0.717, 1.165) is 19.3 Å². The maximum absolute atomic E-state index is 14.2. The smallest absolute Gasteiger partial charge is 0.337 e. The number of aromatic carboxylic acids is 1. The largest absolute Gasteiger partial charge is 0.478 e. The Balaban J connectivity index is 1.73. The number of unbranched alkanes of at least 4 members (excludes halogenated alkanes) is 12. The van der Waals surface area contributed by atoms with Crippen LogP contribution in [-0.2, 0) is 0 Å². The molecule has 2 aromatic carbocycles. The highest BCUT2D eigenvalue weighted by molar-refractivity contribution is 8.00. The lowest BCUT2D eigenvalue weighted by molar-refractivity contribution is 0.0698. The van der Waals surface area contributed by atoms with Crippen molar-refractivity contribution >= 4 is 23.4 Å². The topological polar surface area (TPSA) is 49.3 Å². The molecule has 5 heteroatoms. The minimum Gasteiger partial charge on any atom is -0.478 e. The van der Waals surface area contributed by atoms with E-state index in [1.54, 1.807) is 30.3 Å². The van der Waals surface area contributed by atoms with Crippen molar-refractivity contribution in [2.24, 2.45) is 0 Å². The average molecular weight is 488 g/mol. The molecule has 0 heterocycles. The first-order valence-corrected chi connectivity index (χ1v) is 14.0. The Hall–Kier alpha value is -2.01. The van der Waals surface area contributed by atoms with Gasteiger partial charge in [0.25, 0.3) is 0 Å². The molecule has 0 amide bonds. The molecule has 2 N–H and O–H groups in total. The number of carboxylic acid groups (broad SMARTS) is 1. The molecule has 0 spiro atoms. The molecule has 0 radical (unpaired) electrons. The van der Waals surface area contributed by atoms with Crippen molar-refractivity contribution in [1.82, 2.24) is 0 Å². The molecule has 0 fully saturated rings. The summed E-state index contributed by atoms with van der Waals surface area (Å²) in [5.41, 5.74) is 0.825. The summed E-state index contributed by atoms with van der Waals surface area (Å²) in [6.45, 7) is 2.26. The third kappa shape index (κ3) is 11.4. The van der Waals surface area contributed by atoms with E-state index in [1.165, 1.54) is 88.5 Å². The summed E-state index contributed by atoms with van der Waals surface area (Å²) in [6.07, 6.45) is 17.8. The molecule has 0 aromatic heterocycles. The summed E-state index contributed by atoms with van der Waals surface area (Å²) in [6, 6.07) is 13.7. The molecule has 34 heavy (non-hydrogen) atoms. The molecule has 0 aliphatic carbocycles. The highest BCUT2D eigenvalue weighted by Gasteiger charge is 2.16. The Labute approximate surface area is 209 Å². The lowest BCUT2D eigenvalue weighted by Crippen LogP contribution is -2.18. The zero-order valence-corrected chi connectivity index (χ0v) is 21.6. The number of para-hydroxylation sites is 1. The van der Waals surface area contributed by atoms with Gasteiger partial charge in [0.1, 0.15) is 5.82 Å². The molecule has 2 rings (SSSR count). The molecule has 1 unspecified atom stereocenters. The van der Waals surface area contributed by atoms with Crippen LogP contribution in [0.15, 0.2) is 53.4 Å². The van der Waals surface area contributed by atoms with Gasteiger partial charge in [0.05, 0.1) is 10.9 Å². The minimum atomic E-state index is -0.960. The number of halogens is 1. The van der Waals surface area contributed by atoms with Crippen LogP contribution in [0.3, 0.4) is 0 Å². The number of rotatable bonds is 19. The van der Waals surface area contributed by atoms with Crippen molar-refractivity contribution in [3.63, 3.8) is 0 Å². The monoisotopic (exact) mass is 487 g/mol. The van der Waals surface area contributed by atoms with Crippen molar-refractivity contribution in [3.05, 3.63) is 59.9 Å². The zero-order valence-electron chi connectivity index (χ0n) is 20.7. The minimum absolute atomic E-state index is 0.0925. The number of nitrogens with one attached hydrogen (secondary N) is 1. The Morgan fingerprint density at radius 2 is 1.35 bits per heavy atom. The van der Waals surface area contributed by atoms with Gasteiger partial charge in [0, 0.05) is 10.6 Å². The zero-order chi connectivity index (χ0) is 24.4. The third-order valence-electron chi connectivity index (χ3n) is 6.15. The Bertz CT molecular complexity index is 829. The molecule has 0 saturated heterocycles. The molecular formula is C29H42FNO2S. The number of anilines is 1. The van der Waals surface area contributed by atoms with Crippen LogP contribution in [0.1, 0.15) is 107 Å². The number of benzene rings is 2. The highest BCUT2D eigenvalue weighted by Crippen LogP contribution is 2.31. The summed E-state index contributed by atoms with van der Waals surface area (Å²) in [4.78, 5) is 12.2. The van der Waals surface area contributed by atoms with Gasteiger partial charge in [0.15, 0.2) is 0 Å². The van der Waals surface area contributed by atoms with Gasteiger partial charge in [-0.1, -0.05) is 126 Å². The first-order valence-electron chi connectivity index (χ1n) is 13.1. The predicted molar refractivity (Wildman–Crippen MR) is 143 cm³/mol. The molecular weight excluding hydrogens is 445 g/mol. The summed E-state index contributed by atoms with van der Waals surface area (Å²) in [7, 11) is 0. The molecule has 0 aliphatic heterocycles. The van der Waals surface area contributed by atoms with Crippen LogP contribution >= 0.6 is 11.8 Å². The fourth-order valence-corrected chi connectivity index (χ4v) is 5.29. The van der Waals surface area contributed by atoms with Crippen LogP contribution in [-0.4, -0.2) is 16.4 Å². The first kappa shape index (κ1) is 28.2. The lowest BCUT2D eigenvalue weighted by Gasteiger charge is -2.21. The number of hydrogen-bond acceptors (Lipinski definition) is 3. The maximum atomic E-state index is 14.2. The average Bonchev–Trinajstić information content (AvgIpc) is 2.83. The standard InChI is InChI=1S/C29H42FNO2S/c1-2-3-4-5-6-7-8-9-10-11-12-13-14-23-28(34-27-22-18-16-20-25(27)30)31-26-21-17-15-19-24(26)29(32)33/h15-22,28,31H,2-14,23H2,1H3,(H,32,33). The van der Waals surface area contributed by atoms with Crippen molar-refractivity contribution in [2.75, 3.05) is 5.32 Å². The van der Waals surface area contributed by atoms with Crippen LogP contribution in [0.4, 0.5) is 10.1 Å². The van der Waals surface area contributed by atoms with Gasteiger partial charge in [-0.25, -0.2) is 9.18 Å². The van der Waals surface area contributed by atoms with Gasteiger partial charge in [-0.05, 0) is 30.7 Å². The summed E-state index contributed by atoms with van der Waals surface area (Å²) < 4.78 is 14.2. The van der Waals surface area contributed by atoms with E-state index in [-0.39, 0.29) is 16.8 Å². The molecule has 0 saturated carbocycles. The molecule has 2 aromatic rings. The summed E-state index contributed by atoms with van der Waals surface area (Å²) >= 11 is 1.44. The molecule has 1 atom stereocenters. The van der Waals surface area contributed by atoms with Gasteiger partial charge in [-0.3, -0.25) is 0 Å². The van der Waals surface area contributed by atoms with Crippen LogP contribution in [0.25, 0.3) is 0 Å². The number of thioether (sulfide) groups is 1. The van der Waals surface area contributed by atoms with Gasteiger partial charge in [-0.15, -0.1) is 0 Å². The van der Waals surface area contributed by atoms with Crippen molar-refractivity contribution in [3.8, 4) is 0 Å². The molecule has 0 bridgehead atoms. The molecule has 0 aliphatic rings. The SMILES string of the molecule is CCCCCCCCCCCCCCCC(Nc1ccccc1C(=O)O)Sc1ccccc1F. The Morgan fingerprint density at radius 3 is 1.94 bits per heavy atom. The Kier molecular flexibility index (Phi) is 14.5. The van der Waals surface area contributed by atoms with Crippen molar-refractivity contribution in [1.29, 1.82) is 0 Å². The maximum Gasteiger partial charge on any atom is 0.337 e. The number of hydrogen-bond donors (Lipinski definition) is 2. The van der Waals surface area contributed by atoms with Crippen molar-refractivity contribution in [2.45, 2.75) is 107 Å². The van der Waals surface area contributed by atoms with E-state index in [4.69, 9.17) is 0 Å². The van der Waals surface area contributed by atoms with Gasteiger partial charge < -0.3 is 10.4 Å². The van der Waals surface area contributed by atoms with Gasteiger partial charge >= 0.3 is 5.97 Å². The summed E-state index contributed by atoms with van der Waals surface area (Å²) in [5, 5.41) is 12.8. The van der Waals surface area contributed by atoms with E-state index in [2.05, 4.69) is 12.2 Å². The normalized spacial score (nSPS) is 11.9. The number of carboxylic acids is 1. The quantitative estimate of drug-likeness (QED) is 0.118. The van der Waals surface area contributed by atoms with Gasteiger partial charge in [-0.2, -0.15) is 0 Å². The van der Waals surface area contributed by atoms with E-state index in [9.17, 15) is 14.3 Å². The third-order valence-corrected chi connectivity index (χ3v) is 7.37. The second kappa shape index (κ2) is 17.4. The number of carbonyl (C=O) groups is 1. The fourth-order valence-electron chi connectivity index (χ4n) is 4.17. The fraction of sp³-hybridized carbons (Fsp3) is 0.552.